The van der Waals surface area contributed by atoms with E-state index in [0.717, 1.165) is 19.9 Å². The van der Waals surface area contributed by atoms with Crippen molar-refractivity contribution in [1.82, 2.24) is 10.2 Å². The molecule has 3 aromatic rings. The molecule has 1 atom stereocenters. The molecule has 0 fully saturated rings. The molecule has 208 valence electrons. The van der Waals surface area contributed by atoms with Gasteiger partial charge in [-0.15, -0.1) is 0 Å². The third-order valence-corrected chi connectivity index (χ3v) is 8.69. The predicted molar refractivity (Wildman–Crippen MR) is 159 cm³/mol. The monoisotopic (exact) mass is 633 g/mol. The molecule has 0 heterocycles. The number of nitrogens with one attached hydrogen (secondary N) is 1. The number of halogens is 2. The third-order valence-electron chi connectivity index (χ3n) is 6.12. The van der Waals surface area contributed by atoms with Crippen molar-refractivity contribution >= 4 is 55.1 Å². The van der Waals surface area contributed by atoms with Gasteiger partial charge >= 0.3 is 0 Å². The molecule has 7 nitrogen and oxygen atoms in total. The predicted octanol–water partition coefficient (Wildman–Crippen LogP) is 5.80. The first kappa shape index (κ1) is 30.7. The Morgan fingerprint density at radius 2 is 1.51 bits per heavy atom. The number of benzene rings is 3. The van der Waals surface area contributed by atoms with Crippen LogP contribution in [0.3, 0.4) is 0 Å². The molecule has 0 aliphatic heterocycles. The molecule has 39 heavy (non-hydrogen) atoms. The topological polar surface area (TPSA) is 86.8 Å². The first-order valence-corrected chi connectivity index (χ1v) is 15.2. The fraction of sp³-hybridized carbons (Fsp3) is 0.310. The molecule has 1 N–H and O–H groups in total. The van der Waals surface area contributed by atoms with Crippen LogP contribution in [0.25, 0.3) is 0 Å². The lowest BCUT2D eigenvalue weighted by molar-refractivity contribution is -0.139. The van der Waals surface area contributed by atoms with Crippen LogP contribution in [-0.2, 0) is 26.2 Å². The van der Waals surface area contributed by atoms with Gasteiger partial charge in [0.05, 0.1) is 10.6 Å². The second-order valence-electron chi connectivity index (χ2n) is 9.76. The van der Waals surface area contributed by atoms with Gasteiger partial charge in [-0.2, -0.15) is 0 Å². The van der Waals surface area contributed by atoms with Crippen molar-refractivity contribution in [2.75, 3.05) is 17.4 Å². The average Bonchev–Trinajstić information content (AvgIpc) is 2.90. The first-order valence-electron chi connectivity index (χ1n) is 12.5. The van der Waals surface area contributed by atoms with Gasteiger partial charge in [-0.1, -0.05) is 71.2 Å². The molecule has 0 saturated carbocycles. The summed E-state index contributed by atoms with van der Waals surface area (Å²) < 4.78 is 29.5. The molecule has 3 aromatic carbocycles. The lowest BCUT2D eigenvalue weighted by Crippen LogP contribution is -2.51. The van der Waals surface area contributed by atoms with Crippen molar-refractivity contribution in [1.29, 1.82) is 0 Å². The second-order valence-corrected chi connectivity index (χ2v) is 13.0. The number of carbonyl (C=O) groups is 2. The minimum atomic E-state index is -4.14. The maximum atomic E-state index is 13.9. The van der Waals surface area contributed by atoms with Gasteiger partial charge in [-0.05, 0) is 73.9 Å². The molecule has 0 unspecified atom stereocenters. The Morgan fingerprint density at radius 3 is 2.08 bits per heavy atom. The molecule has 0 saturated heterocycles. The summed E-state index contributed by atoms with van der Waals surface area (Å²) in [6.07, 6.45) is 0. The third kappa shape index (κ3) is 8.30. The fourth-order valence-corrected chi connectivity index (χ4v) is 5.60. The van der Waals surface area contributed by atoms with Gasteiger partial charge in [0.15, 0.2) is 0 Å². The van der Waals surface area contributed by atoms with Crippen LogP contribution in [0.15, 0.2) is 82.2 Å². The summed E-state index contributed by atoms with van der Waals surface area (Å²) in [4.78, 5) is 28.3. The van der Waals surface area contributed by atoms with E-state index in [1.807, 2.05) is 45.0 Å². The zero-order valence-electron chi connectivity index (χ0n) is 22.4. The van der Waals surface area contributed by atoms with E-state index in [1.165, 1.54) is 29.2 Å². The maximum absolute atomic E-state index is 13.9. The molecular weight excluding hydrogens is 602 g/mol. The Bertz CT molecular complexity index is 1380. The minimum Gasteiger partial charge on any atom is -0.354 e. The summed E-state index contributed by atoms with van der Waals surface area (Å²) >= 11 is 9.40. The molecule has 2 amide bonds. The van der Waals surface area contributed by atoms with Crippen LogP contribution in [0.5, 0.6) is 0 Å². The molecule has 0 aliphatic carbocycles. The molecule has 3 rings (SSSR count). The highest BCUT2D eigenvalue weighted by Crippen LogP contribution is 2.26. The largest absolute Gasteiger partial charge is 0.354 e. The van der Waals surface area contributed by atoms with E-state index < -0.39 is 28.5 Å². The molecule has 0 bridgehead atoms. The number of carbonyl (C=O) groups excluding carboxylic acids is 2. The molecule has 0 spiro atoms. The van der Waals surface area contributed by atoms with Crippen molar-refractivity contribution in [3.05, 3.63) is 93.4 Å². The highest BCUT2D eigenvalue weighted by Gasteiger charge is 2.32. The highest BCUT2D eigenvalue weighted by molar-refractivity contribution is 9.10. The van der Waals surface area contributed by atoms with Crippen LogP contribution < -0.4 is 9.62 Å². The van der Waals surface area contributed by atoms with Crippen LogP contribution in [-0.4, -0.2) is 44.3 Å². The standard InChI is InChI=1S/C29H33BrClN3O4S/c1-20(2)17-32-29(36)22(4)33(18-23-7-9-24(30)10-8-23)28(35)19-34(26-13-5-21(3)6-14-26)39(37,38)27-15-11-25(31)12-16-27/h5-16,20,22H,17-19H2,1-4H3,(H,32,36)/t22-/m1/s1. The zero-order valence-corrected chi connectivity index (χ0v) is 25.6. The van der Waals surface area contributed by atoms with Crippen LogP contribution >= 0.6 is 27.5 Å². The Morgan fingerprint density at radius 1 is 0.923 bits per heavy atom. The van der Waals surface area contributed by atoms with Gasteiger partial charge in [-0.3, -0.25) is 13.9 Å². The number of nitrogens with zero attached hydrogens (tertiary/aromatic N) is 2. The van der Waals surface area contributed by atoms with Gasteiger partial charge in [0.2, 0.25) is 11.8 Å². The van der Waals surface area contributed by atoms with E-state index in [-0.39, 0.29) is 23.3 Å². The van der Waals surface area contributed by atoms with Crippen LogP contribution in [0, 0.1) is 12.8 Å². The quantitative estimate of drug-likeness (QED) is 0.289. The second kappa shape index (κ2) is 13.5. The van der Waals surface area contributed by atoms with Crippen LogP contribution in [0.1, 0.15) is 31.9 Å². The van der Waals surface area contributed by atoms with Gasteiger partial charge in [0.25, 0.3) is 10.0 Å². The van der Waals surface area contributed by atoms with E-state index >= 15 is 0 Å². The Balaban J connectivity index is 2.00. The average molecular weight is 635 g/mol. The SMILES string of the molecule is Cc1ccc(N(CC(=O)N(Cc2ccc(Br)cc2)[C@H](C)C(=O)NCC(C)C)S(=O)(=O)c2ccc(Cl)cc2)cc1. The summed E-state index contributed by atoms with van der Waals surface area (Å²) in [5.41, 5.74) is 2.09. The van der Waals surface area contributed by atoms with Crippen molar-refractivity contribution in [2.24, 2.45) is 5.92 Å². The molecule has 0 radical (unpaired) electrons. The van der Waals surface area contributed by atoms with Crippen molar-refractivity contribution in [3.63, 3.8) is 0 Å². The number of anilines is 1. The van der Waals surface area contributed by atoms with Crippen molar-refractivity contribution < 1.29 is 18.0 Å². The van der Waals surface area contributed by atoms with E-state index in [2.05, 4.69) is 21.2 Å². The number of sulfonamides is 1. The highest BCUT2D eigenvalue weighted by atomic mass is 79.9. The number of aryl methyl sites for hydroxylation is 1. The van der Waals surface area contributed by atoms with Crippen LogP contribution in [0.2, 0.25) is 5.02 Å². The van der Waals surface area contributed by atoms with Gasteiger partial charge in [0.1, 0.15) is 12.6 Å². The summed E-state index contributed by atoms with van der Waals surface area (Å²) in [5.74, 6) is -0.585. The Kier molecular flexibility index (Phi) is 10.6. The number of rotatable bonds is 11. The van der Waals surface area contributed by atoms with Gasteiger partial charge in [-0.25, -0.2) is 8.42 Å². The van der Waals surface area contributed by atoms with Crippen molar-refractivity contribution in [3.8, 4) is 0 Å². The lowest BCUT2D eigenvalue weighted by atomic mass is 10.1. The van der Waals surface area contributed by atoms with Crippen LogP contribution in [0.4, 0.5) is 5.69 Å². The summed E-state index contributed by atoms with van der Waals surface area (Å²) in [6.45, 7) is 7.61. The molecular formula is C29H33BrClN3O4S. The number of amides is 2. The van der Waals surface area contributed by atoms with E-state index in [4.69, 9.17) is 11.6 Å². The lowest BCUT2D eigenvalue weighted by Gasteiger charge is -2.32. The summed E-state index contributed by atoms with van der Waals surface area (Å²) in [7, 11) is -4.14. The van der Waals surface area contributed by atoms with Gasteiger partial charge in [0, 0.05) is 22.6 Å². The smallest absolute Gasteiger partial charge is 0.264 e. The molecule has 0 aliphatic rings. The number of hydrogen-bond acceptors (Lipinski definition) is 4. The zero-order chi connectivity index (χ0) is 28.7. The first-order chi connectivity index (χ1) is 18.4. The summed E-state index contributed by atoms with van der Waals surface area (Å²) in [5, 5.41) is 3.28. The Hall–Kier alpha value is -2.88. The summed E-state index contributed by atoms with van der Waals surface area (Å²) in [6, 6.07) is 19.3. The Labute approximate surface area is 244 Å². The fourth-order valence-electron chi connectivity index (χ4n) is 3.80. The van der Waals surface area contributed by atoms with E-state index in [9.17, 15) is 18.0 Å². The van der Waals surface area contributed by atoms with E-state index in [1.54, 1.807) is 31.2 Å². The molecule has 10 heteroatoms. The van der Waals surface area contributed by atoms with Gasteiger partial charge < -0.3 is 10.2 Å². The minimum absolute atomic E-state index is 0.00228. The molecule has 0 aromatic heterocycles. The normalized spacial score (nSPS) is 12.2. The van der Waals surface area contributed by atoms with E-state index in [0.29, 0.717) is 17.3 Å². The number of hydrogen-bond donors (Lipinski definition) is 1. The maximum Gasteiger partial charge on any atom is 0.264 e. The van der Waals surface area contributed by atoms with Crippen molar-refractivity contribution in [2.45, 2.75) is 45.2 Å².